The Bertz CT molecular complexity index is 1470. The lowest BCUT2D eigenvalue weighted by atomic mass is 9.96. The minimum Gasteiger partial charge on any atom is -0.456 e. The molecule has 0 aromatic heterocycles. The zero-order valence-electron chi connectivity index (χ0n) is 20.9. The normalized spacial score (nSPS) is 19.1. The maximum absolute atomic E-state index is 13.6. The summed E-state index contributed by atoms with van der Waals surface area (Å²) in [6.45, 7) is 1.12. The fourth-order valence-electron chi connectivity index (χ4n) is 4.09. The molecule has 3 atom stereocenters. The van der Waals surface area contributed by atoms with Crippen molar-refractivity contribution >= 4 is 128 Å². The number of rotatable bonds is 7. The van der Waals surface area contributed by atoms with Crippen LogP contribution in [0.15, 0.2) is 41.6 Å². The molecule has 1 fully saturated rings. The van der Waals surface area contributed by atoms with Crippen LogP contribution < -0.4 is 10.1 Å². The summed E-state index contributed by atoms with van der Waals surface area (Å²) < 4.78 is 8.64. The third-order valence-electron chi connectivity index (χ3n) is 6.02. The third-order valence-corrected chi connectivity index (χ3v) is 10.0. The fourth-order valence-corrected chi connectivity index (χ4v) is 6.74. The van der Waals surface area contributed by atoms with Crippen molar-refractivity contribution in [3.05, 3.63) is 72.3 Å². The van der Waals surface area contributed by atoms with Gasteiger partial charge in [-0.25, -0.2) is 4.79 Å². The number of benzene rings is 2. The second-order valence-electron chi connectivity index (χ2n) is 8.88. The lowest BCUT2D eigenvalue weighted by Crippen LogP contribution is -2.71. The summed E-state index contributed by atoms with van der Waals surface area (Å²) in [5.41, 5.74) is 0.789. The van der Waals surface area contributed by atoms with Gasteiger partial charge in [-0.05, 0) is 18.1 Å². The molecule has 2 heterocycles. The van der Waals surface area contributed by atoms with Gasteiger partial charge in [-0.2, -0.15) is 0 Å². The Balaban J connectivity index is 1.57. The van der Waals surface area contributed by atoms with Gasteiger partial charge in [0.05, 0.1) is 15.1 Å². The summed E-state index contributed by atoms with van der Waals surface area (Å²) in [4.78, 5) is 54.1. The molecule has 0 bridgehead atoms. The first-order chi connectivity index (χ1) is 19.6. The van der Waals surface area contributed by atoms with Crippen molar-refractivity contribution in [2.45, 2.75) is 28.0 Å². The number of nitrogens with one attached hydrogen (secondary N) is 1. The Kier molecular flexibility index (Phi) is 10.7. The molecule has 2 amide bonds. The van der Waals surface area contributed by atoms with E-state index in [4.69, 9.17) is 102 Å². The summed E-state index contributed by atoms with van der Waals surface area (Å²) in [7, 11) is 0. The minimum atomic E-state index is -1.85. The summed E-state index contributed by atoms with van der Waals surface area (Å²) in [6.07, 6.45) is 0. The van der Waals surface area contributed by atoms with Gasteiger partial charge in [-0.15, -0.1) is 11.8 Å². The first-order valence-electron chi connectivity index (χ1n) is 11.6. The van der Waals surface area contributed by atoms with Gasteiger partial charge in [-0.3, -0.25) is 19.3 Å². The summed E-state index contributed by atoms with van der Waals surface area (Å²) >= 11 is 48.9. The monoisotopic (exact) mass is 752 g/mol. The van der Waals surface area contributed by atoms with Crippen molar-refractivity contribution in [3.8, 4) is 5.75 Å². The molecule has 1 N–H and O–H groups in total. The zero-order valence-corrected chi connectivity index (χ0v) is 27.7. The molecule has 1 saturated heterocycles. The van der Waals surface area contributed by atoms with E-state index in [-0.39, 0.29) is 36.4 Å². The molecule has 17 heteroatoms. The van der Waals surface area contributed by atoms with Crippen LogP contribution in [0.3, 0.4) is 0 Å². The highest BCUT2D eigenvalue weighted by Crippen LogP contribution is 2.48. The second-order valence-corrected chi connectivity index (χ2v) is 14.4. The van der Waals surface area contributed by atoms with Crippen LogP contribution in [0.4, 0.5) is 0 Å². The average molecular weight is 756 g/mol. The van der Waals surface area contributed by atoms with E-state index in [9.17, 15) is 19.2 Å². The average Bonchev–Trinajstić information content (AvgIpc) is 2.95. The van der Waals surface area contributed by atoms with Gasteiger partial charge in [0.1, 0.15) is 33.8 Å². The van der Waals surface area contributed by atoms with Crippen molar-refractivity contribution < 1.29 is 28.7 Å². The van der Waals surface area contributed by atoms with E-state index >= 15 is 0 Å². The quantitative estimate of drug-likeness (QED) is 0.0606. The molecule has 0 spiro atoms. The van der Waals surface area contributed by atoms with E-state index in [0.29, 0.717) is 11.3 Å². The Morgan fingerprint density at radius 2 is 1.57 bits per heavy atom. The van der Waals surface area contributed by atoms with Crippen LogP contribution in [0.2, 0.25) is 25.1 Å². The van der Waals surface area contributed by atoms with Gasteiger partial charge in [0.2, 0.25) is 9.70 Å². The predicted molar refractivity (Wildman–Crippen MR) is 165 cm³/mol. The smallest absolute Gasteiger partial charge is 0.355 e. The van der Waals surface area contributed by atoms with Crippen LogP contribution in [-0.2, 0) is 23.9 Å². The molecular formula is C25H16Cl8N2O6S. The summed E-state index contributed by atoms with van der Waals surface area (Å²) in [5.74, 6) is -5.06. The number of fused-ring (bicyclic) bond motifs is 1. The number of hydrogen-bond donors (Lipinski definition) is 1. The SMILES string of the molecule is CC1=C(C(=O)OCC(Cl)(Cl)Cl)N2C(=O)C(NC(=O)C(C(=O)Oc3c(Cl)c(Cl)c(Cl)c(Cl)c3Cl)c3ccccc3)[C@@H]2SC1. The van der Waals surface area contributed by atoms with Crippen molar-refractivity contribution in [1.29, 1.82) is 0 Å². The van der Waals surface area contributed by atoms with E-state index in [2.05, 4.69) is 5.32 Å². The molecule has 2 aliphatic rings. The van der Waals surface area contributed by atoms with Crippen molar-refractivity contribution in [2.24, 2.45) is 0 Å². The molecule has 2 aliphatic heterocycles. The largest absolute Gasteiger partial charge is 0.456 e. The molecule has 0 saturated carbocycles. The molecule has 0 radical (unpaired) electrons. The van der Waals surface area contributed by atoms with Gasteiger partial charge in [0.15, 0.2) is 11.7 Å². The lowest BCUT2D eigenvalue weighted by Gasteiger charge is -2.49. The highest BCUT2D eigenvalue weighted by atomic mass is 35.6. The molecule has 4 rings (SSSR count). The molecule has 2 unspecified atom stereocenters. The Morgan fingerprint density at radius 1 is 1.00 bits per heavy atom. The lowest BCUT2D eigenvalue weighted by molar-refractivity contribution is -0.153. The Labute approximate surface area is 283 Å². The first kappa shape index (κ1) is 33.6. The van der Waals surface area contributed by atoms with Crippen LogP contribution in [0.5, 0.6) is 5.75 Å². The standard InChI is InChI=1S/C25H16Cl8N2O6S/c1-9-7-42-22-17(21(37)35(22)18(9)24(39)40-8-25(31,32)33)34-20(36)11(10-5-3-2-4-6-10)23(38)41-19-15(29)13(27)12(26)14(28)16(19)30/h2-6,11,17,22H,7-8H2,1H3,(H,34,36)/t11?,17?,22-/m0/s1. The van der Waals surface area contributed by atoms with Crippen LogP contribution in [0, 0.1) is 0 Å². The van der Waals surface area contributed by atoms with Gasteiger partial charge in [-0.1, -0.05) is 123 Å². The zero-order chi connectivity index (χ0) is 31.1. The number of carbonyl (C=O) groups is 4. The van der Waals surface area contributed by atoms with Gasteiger partial charge < -0.3 is 14.8 Å². The number of alkyl halides is 3. The van der Waals surface area contributed by atoms with Gasteiger partial charge in [0, 0.05) is 5.75 Å². The van der Waals surface area contributed by atoms with Crippen LogP contribution >= 0.6 is 105 Å². The highest BCUT2D eigenvalue weighted by Gasteiger charge is 2.54. The van der Waals surface area contributed by atoms with Crippen LogP contribution in [-0.4, -0.2) is 56.2 Å². The molecule has 224 valence electrons. The van der Waals surface area contributed by atoms with Crippen molar-refractivity contribution in [2.75, 3.05) is 12.4 Å². The fraction of sp³-hybridized carbons (Fsp3) is 0.280. The molecule has 2 aromatic carbocycles. The Hall–Kier alpha value is -1.27. The maximum Gasteiger partial charge on any atom is 0.355 e. The summed E-state index contributed by atoms with van der Waals surface area (Å²) in [6, 6.07) is 6.85. The number of carbonyl (C=O) groups excluding carboxylic acids is 4. The number of β-lactam (4-membered cyclic amide) rings is 1. The number of halogens is 8. The number of amides is 2. The molecule has 2 aromatic rings. The Morgan fingerprint density at radius 3 is 2.14 bits per heavy atom. The molecule has 8 nitrogen and oxygen atoms in total. The molecule has 0 aliphatic carbocycles. The van der Waals surface area contributed by atoms with E-state index in [1.54, 1.807) is 25.1 Å². The summed E-state index contributed by atoms with van der Waals surface area (Å²) in [5, 5.41) is 0.756. The van der Waals surface area contributed by atoms with E-state index < -0.39 is 57.2 Å². The number of ether oxygens (including phenoxy) is 2. The highest BCUT2D eigenvalue weighted by molar-refractivity contribution is 8.00. The van der Waals surface area contributed by atoms with E-state index in [0.717, 1.165) is 0 Å². The first-order valence-corrected chi connectivity index (χ1v) is 15.7. The topological polar surface area (TPSA) is 102 Å². The third kappa shape index (κ3) is 6.85. The number of hydrogen-bond acceptors (Lipinski definition) is 7. The van der Waals surface area contributed by atoms with Crippen LogP contribution in [0.1, 0.15) is 18.4 Å². The molecule has 42 heavy (non-hydrogen) atoms. The van der Waals surface area contributed by atoms with Crippen molar-refractivity contribution in [3.63, 3.8) is 0 Å². The number of thioether (sulfide) groups is 1. The second kappa shape index (κ2) is 13.4. The predicted octanol–water partition coefficient (Wildman–Crippen LogP) is 7.23. The van der Waals surface area contributed by atoms with Crippen molar-refractivity contribution in [1.82, 2.24) is 10.2 Å². The van der Waals surface area contributed by atoms with Gasteiger partial charge >= 0.3 is 11.9 Å². The van der Waals surface area contributed by atoms with E-state index in [1.807, 2.05) is 0 Å². The number of nitrogens with zero attached hydrogens (tertiary/aromatic N) is 1. The minimum absolute atomic E-state index is 0.0108. The van der Waals surface area contributed by atoms with E-state index in [1.165, 1.54) is 28.8 Å². The molecular weight excluding hydrogens is 740 g/mol. The van der Waals surface area contributed by atoms with Crippen LogP contribution in [0.25, 0.3) is 0 Å². The maximum atomic E-state index is 13.6. The number of esters is 2. The van der Waals surface area contributed by atoms with Gasteiger partial charge in [0.25, 0.3) is 5.91 Å².